The van der Waals surface area contributed by atoms with E-state index in [0.29, 0.717) is 11.7 Å². The summed E-state index contributed by atoms with van der Waals surface area (Å²) in [4.78, 5) is 17.8. The number of methoxy groups -OCH3 is 1. The summed E-state index contributed by atoms with van der Waals surface area (Å²) in [5.74, 6) is -0.0870. The van der Waals surface area contributed by atoms with Crippen LogP contribution >= 0.6 is 11.8 Å². The van der Waals surface area contributed by atoms with E-state index in [2.05, 4.69) is 4.99 Å². The Hall–Kier alpha value is -1.38. The molecule has 3 rings (SSSR count). The van der Waals surface area contributed by atoms with Crippen LogP contribution in [0.25, 0.3) is 0 Å². The lowest BCUT2D eigenvalue weighted by Gasteiger charge is -2.24. The van der Waals surface area contributed by atoms with E-state index in [1.165, 1.54) is 18.9 Å². The Morgan fingerprint density at radius 1 is 1.35 bits per heavy atom. The minimum Gasteiger partial charge on any atom is -0.375 e. The normalized spacial score (nSPS) is 27.3. The van der Waals surface area contributed by atoms with Crippen LogP contribution in [0.5, 0.6) is 0 Å². The number of fused-ring (bicyclic) bond motifs is 1. The smallest absolute Gasteiger partial charge is 0.274 e. The topological polar surface area (TPSA) is 76.0 Å². The molecule has 23 heavy (non-hydrogen) atoms. The molecule has 2 heterocycles. The number of amidine groups is 1. The maximum absolute atomic E-state index is 11.9. The third-order valence-corrected chi connectivity index (χ3v) is 7.11. The fourth-order valence-electron chi connectivity index (χ4n) is 2.86. The molecule has 2 atom stereocenters. The van der Waals surface area contributed by atoms with Gasteiger partial charge in [0.05, 0.1) is 17.5 Å². The van der Waals surface area contributed by atoms with Crippen LogP contribution in [0.15, 0.2) is 35.3 Å². The zero-order valence-corrected chi connectivity index (χ0v) is 14.3. The van der Waals surface area contributed by atoms with Crippen LogP contribution in [0.4, 0.5) is 0 Å². The van der Waals surface area contributed by atoms with Crippen molar-refractivity contribution in [3.8, 4) is 0 Å². The number of benzene rings is 1. The van der Waals surface area contributed by atoms with Gasteiger partial charge < -0.3 is 9.64 Å². The number of sulfone groups is 1. The second-order valence-corrected chi connectivity index (χ2v) is 9.00. The molecule has 0 aliphatic carbocycles. The largest absolute Gasteiger partial charge is 0.375 e. The average Bonchev–Trinajstić information content (AvgIpc) is 2.94. The fourth-order valence-corrected chi connectivity index (χ4v) is 6.83. The van der Waals surface area contributed by atoms with Crippen molar-refractivity contribution in [3.05, 3.63) is 35.9 Å². The summed E-state index contributed by atoms with van der Waals surface area (Å²) < 4.78 is 28.6. The summed E-state index contributed by atoms with van der Waals surface area (Å²) in [6, 6.07) is 9.65. The van der Waals surface area contributed by atoms with E-state index in [-0.39, 0.29) is 35.3 Å². The van der Waals surface area contributed by atoms with E-state index < -0.39 is 9.84 Å². The molecule has 0 bridgehead atoms. The van der Waals surface area contributed by atoms with Crippen molar-refractivity contribution in [2.75, 3.05) is 25.2 Å². The molecule has 1 aromatic rings. The third-order valence-electron chi connectivity index (χ3n) is 3.86. The maximum atomic E-state index is 11.9. The van der Waals surface area contributed by atoms with Crippen molar-refractivity contribution >= 4 is 32.7 Å². The van der Waals surface area contributed by atoms with Crippen molar-refractivity contribution < 1.29 is 17.9 Å². The highest BCUT2D eigenvalue weighted by Crippen LogP contribution is 2.38. The first-order chi connectivity index (χ1) is 11.0. The summed E-state index contributed by atoms with van der Waals surface area (Å²) in [5.41, 5.74) is 1.06. The predicted molar refractivity (Wildman–Crippen MR) is 90.1 cm³/mol. The van der Waals surface area contributed by atoms with Gasteiger partial charge in [-0.2, -0.15) is 4.99 Å². The SMILES string of the molecule is COCC(=O)N=C1S[C@@H]2CS(=O)(=O)C[C@H]2N1Cc1ccccc1. The summed E-state index contributed by atoms with van der Waals surface area (Å²) >= 11 is 1.39. The predicted octanol–water partition coefficient (Wildman–Crippen LogP) is 0.930. The van der Waals surface area contributed by atoms with E-state index in [4.69, 9.17) is 4.74 Å². The molecule has 2 saturated heterocycles. The molecule has 2 aliphatic heterocycles. The van der Waals surface area contributed by atoms with Crippen LogP contribution in [0, 0.1) is 0 Å². The lowest BCUT2D eigenvalue weighted by atomic mass is 10.1. The number of hydrogen-bond donors (Lipinski definition) is 0. The van der Waals surface area contributed by atoms with Crippen LogP contribution in [0.3, 0.4) is 0 Å². The van der Waals surface area contributed by atoms with Gasteiger partial charge in [0.15, 0.2) is 15.0 Å². The zero-order chi connectivity index (χ0) is 16.4. The molecule has 1 aromatic carbocycles. The second kappa shape index (κ2) is 6.62. The van der Waals surface area contributed by atoms with E-state index in [9.17, 15) is 13.2 Å². The monoisotopic (exact) mass is 354 g/mol. The van der Waals surface area contributed by atoms with Crippen molar-refractivity contribution in [1.82, 2.24) is 4.90 Å². The van der Waals surface area contributed by atoms with Crippen LogP contribution < -0.4 is 0 Å². The van der Waals surface area contributed by atoms with Crippen LogP contribution in [-0.2, 0) is 25.9 Å². The number of amides is 1. The van der Waals surface area contributed by atoms with Crippen molar-refractivity contribution in [1.29, 1.82) is 0 Å². The van der Waals surface area contributed by atoms with Crippen molar-refractivity contribution in [2.45, 2.75) is 17.8 Å². The minimum atomic E-state index is -3.02. The Labute approximate surface area is 139 Å². The van der Waals surface area contributed by atoms with E-state index in [1.54, 1.807) is 0 Å². The molecule has 2 aliphatic rings. The highest BCUT2D eigenvalue weighted by molar-refractivity contribution is 8.15. The van der Waals surface area contributed by atoms with E-state index >= 15 is 0 Å². The van der Waals surface area contributed by atoms with Crippen molar-refractivity contribution in [2.24, 2.45) is 4.99 Å². The van der Waals surface area contributed by atoms with Gasteiger partial charge in [-0.15, -0.1) is 0 Å². The summed E-state index contributed by atoms with van der Waals surface area (Å²) in [7, 11) is -1.57. The zero-order valence-electron chi connectivity index (χ0n) is 12.7. The van der Waals surface area contributed by atoms with Gasteiger partial charge in [-0.25, -0.2) is 8.42 Å². The number of aliphatic imine (C=N–C) groups is 1. The first kappa shape index (κ1) is 16.5. The van der Waals surface area contributed by atoms with Gasteiger partial charge in [-0.05, 0) is 5.56 Å². The molecule has 0 unspecified atom stereocenters. The molecule has 2 fully saturated rings. The molecular weight excluding hydrogens is 336 g/mol. The molecule has 0 spiro atoms. The molecule has 8 heteroatoms. The highest BCUT2D eigenvalue weighted by atomic mass is 32.2. The van der Waals surface area contributed by atoms with Crippen LogP contribution in [-0.4, -0.2) is 60.9 Å². The highest BCUT2D eigenvalue weighted by Gasteiger charge is 2.48. The number of thioether (sulfide) groups is 1. The third kappa shape index (κ3) is 3.76. The Morgan fingerprint density at radius 3 is 2.78 bits per heavy atom. The molecule has 0 aromatic heterocycles. The molecular formula is C15H18N2O4S2. The Bertz CT molecular complexity index is 718. The lowest BCUT2D eigenvalue weighted by molar-refractivity contribution is -0.121. The number of hydrogen-bond acceptors (Lipinski definition) is 5. The molecule has 6 nitrogen and oxygen atoms in total. The summed E-state index contributed by atoms with van der Waals surface area (Å²) in [6.45, 7) is 0.473. The minimum absolute atomic E-state index is 0.0576. The first-order valence-electron chi connectivity index (χ1n) is 7.26. The Morgan fingerprint density at radius 2 is 2.09 bits per heavy atom. The lowest BCUT2D eigenvalue weighted by Crippen LogP contribution is -2.37. The molecule has 1 amide bonds. The summed E-state index contributed by atoms with van der Waals surface area (Å²) in [6.07, 6.45) is 0. The summed E-state index contributed by atoms with van der Waals surface area (Å²) in [5, 5.41) is 0.540. The van der Waals surface area contributed by atoms with Gasteiger partial charge in [0.25, 0.3) is 5.91 Å². The van der Waals surface area contributed by atoms with E-state index in [1.807, 2.05) is 35.2 Å². The number of nitrogens with zero attached hydrogens (tertiary/aromatic N) is 2. The van der Waals surface area contributed by atoms with E-state index in [0.717, 1.165) is 5.56 Å². The first-order valence-corrected chi connectivity index (χ1v) is 9.97. The molecule has 0 saturated carbocycles. The second-order valence-electron chi connectivity index (χ2n) is 5.64. The standard InChI is InChI=1S/C15H18N2O4S2/c1-21-8-14(18)16-15-17(7-11-5-3-2-4-6-11)12-9-23(19,20)10-13(12)22-15/h2-6,12-13H,7-10H2,1H3/t12-,13-/m1/s1. The Balaban J connectivity index is 1.86. The van der Waals surface area contributed by atoms with Gasteiger partial charge in [0.2, 0.25) is 0 Å². The van der Waals surface area contributed by atoms with Gasteiger partial charge in [-0.3, -0.25) is 4.79 Å². The van der Waals surface area contributed by atoms with Crippen LogP contribution in [0.2, 0.25) is 0 Å². The number of carbonyl (C=O) groups excluding carboxylic acids is 1. The number of ether oxygens (including phenoxy) is 1. The van der Waals surface area contributed by atoms with Gasteiger partial charge in [0.1, 0.15) is 6.61 Å². The molecule has 0 radical (unpaired) electrons. The molecule has 0 N–H and O–H groups in total. The quantitative estimate of drug-likeness (QED) is 0.801. The number of carbonyl (C=O) groups is 1. The van der Waals surface area contributed by atoms with Gasteiger partial charge in [0, 0.05) is 18.9 Å². The van der Waals surface area contributed by atoms with Crippen LogP contribution in [0.1, 0.15) is 5.56 Å². The Kier molecular flexibility index (Phi) is 4.74. The van der Waals surface area contributed by atoms with Gasteiger partial charge in [-0.1, -0.05) is 42.1 Å². The maximum Gasteiger partial charge on any atom is 0.274 e. The van der Waals surface area contributed by atoms with Gasteiger partial charge >= 0.3 is 0 Å². The average molecular weight is 354 g/mol. The van der Waals surface area contributed by atoms with Crippen molar-refractivity contribution in [3.63, 3.8) is 0 Å². The fraction of sp³-hybridized carbons (Fsp3) is 0.467. The molecule has 124 valence electrons. The number of rotatable bonds is 4.